The van der Waals surface area contributed by atoms with E-state index in [2.05, 4.69) is 6.92 Å². The molecule has 0 saturated carbocycles. The first kappa shape index (κ1) is 26.3. The average molecular weight is 429 g/mol. The summed E-state index contributed by atoms with van der Waals surface area (Å²) in [6.45, 7) is 2.24. The number of benzene rings is 2. The molecule has 0 aromatic heterocycles. The predicted octanol–water partition coefficient (Wildman–Crippen LogP) is 3.60. The Balaban J connectivity index is 0.00000392. The molecule has 0 aliphatic carbocycles. The number of rotatable bonds is 13. The van der Waals surface area contributed by atoms with Crippen LogP contribution in [0.15, 0.2) is 41.3 Å². The maximum Gasteiger partial charge on any atom is 1.00 e. The Kier molecular flexibility index (Phi) is 13.4. The van der Waals surface area contributed by atoms with Gasteiger partial charge in [0.25, 0.3) is 0 Å². The van der Waals surface area contributed by atoms with Crippen molar-refractivity contribution in [3.05, 3.63) is 42.0 Å². The Morgan fingerprint density at radius 2 is 1.21 bits per heavy atom. The van der Waals surface area contributed by atoms with Crippen molar-refractivity contribution in [2.75, 3.05) is 0 Å². The average Bonchev–Trinajstić information content (AvgIpc) is 2.64. The van der Waals surface area contributed by atoms with E-state index in [0.29, 0.717) is 12.0 Å². The normalized spacial score (nSPS) is 11.5. The van der Waals surface area contributed by atoms with Crippen LogP contribution < -0.4 is 51.4 Å². The van der Waals surface area contributed by atoms with Crippen LogP contribution in [-0.4, -0.2) is 13.0 Å². The molecule has 150 valence electrons. The molecule has 0 N–H and O–H groups in total. The van der Waals surface area contributed by atoms with Crippen molar-refractivity contribution in [3.63, 3.8) is 0 Å². The number of aryl methyl sites for hydroxylation is 1. The van der Waals surface area contributed by atoms with Crippen molar-refractivity contribution < 1.29 is 64.4 Å². The van der Waals surface area contributed by atoms with E-state index in [1.54, 1.807) is 0 Å². The topological polar surface area (TPSA) is 57.2 Å². The zero-order valence-electron chi connectivity index (χ0n) is 17.6. The van der Waals surface area contributed by atoms with Gasteiger partial charge >= 0.3 is 51.4 Å². The number of hydrogen-bond donors (Lipinski definition) is 0. The van der Waals surface area contributed by atoms with Crippen molar-refractivity contribution in [2.24, 2.45) is 0 Å². The Hall–Kier alpha value is 0.246. The fraction of sp³-hybridized carbons (Fsp3) is 0.565. The molecule has 0 saturated heterocycles. The van der Waals surface area contributed by atoms with Crippen LogP contribution in [-0.2, 0) is 16.5 Å². The number of unbranched alkanes of at least 4 members (excludes halogenated alkanes) is 10. The minimum absolute atomic E-state index is 0. The van der Waals surface area contributed by atoms with E-state index < -0.39 is 10.1 Å². The molecule has 5 heteroatoms. The van der Waals surface area contributed by atoms with Gasteiger partial charge in [0.05, 0.1) is 4.90 Å². The van der Waals surface area contributed by atoms with Gasteiger partial charge in [0.2, 0.25) is 0 Å². The van der Waals surface area contributed by atoms with Gasteiger partial charge in [-0.25, -0.2) is 8.42 Å². The molecule has 0 spiro atoms. The Labute approximate surface area is 213 Å². The van der Waals surface area contributed by atoms with Gasteiger partial charge in [-0.2, -0.15) is 0 Å². The molecule has 0 radical (unpaired) electrons. The first-order valence-electron chi connectivity index (χ1n) is 10.5. The molecule has 0 bridgehead atoms. The van der Waals surface area contributed by atoms with E-state index in [0.717, 1.165) is 23.6 Å². The molecule has 0 unspecified atom stereocenters. The second-order valence-electron chi connectivity index (χ2n) is 7.55. The maximum atomic E-state index is 11.6. The second-order valence-corrected chi connectivity index (χ2v) is 8.89. The Morgan fingerprint density at radius 3 is 1.71 bits per heavy atom. The van der Waals surface area contributed by atoms with Crippen LogP contribution in [0.4, 0.5) is 0 Å². The summed E-state index contributed by atoms with van der Waals surface area (Å²) in [5.41, 5.74) is 0.666. The van der Waals surface area contributed by atoms with Gasteiger partial charge in [0.1, 0.15) is 10.1 Å². The van der Waals surface area contributed by atoms with Crippen molar-refractivity contribution in [1.82, 2.24) is 0 Å². The van der Waals surface area contributed by atoms with E-state index in [1.807, 2.05) is 30.3 Å². The molecule has 0 heterocycles. The fourth-order valence-electron chi connectivity index (χ4n) is 3.67. The summed E-state index contributed by atoms with van der Waals surface area (Å²) in [4.78, 5) is -0.0479. The molecular weight excluding hydrogens is 395 g/mol. The molecule has 0 aliphatic rings. The molecule has 0 amide bonds. The third kappa shape index (κ3) is 9.37. The van der Waals surface area contributed by atoms with E-state index in [4.69, 9.17) is 0 Å². The summed E-state index contributed by atoms with van der Waals surface area (Å²) < 4.78 is 34.9. The minimum Gasteiger partial charge on any atom is -0.744 e. The molecule has 0 aliphatic heterocycles. The summed E-state index contributed by atoms with van der Waals surface area (Å²) in [6.07, 6.45) is 14.5. The molecule has 2 aromatic carbocycles. The maximum absolute atomic E-state index is 11.6. The summed E-state index contributed by atoms with van der Waals surface area (Å²) in [5.74, 6) is 0. The van der Waals surface area contributed by atoms with Gasteiger partial charge in [-0.05, 0) is 41.3 Å². The third-order valence-corrected chi connectivity index (χ3v) is 6.17. The van der Waals surface area contributed by atoms with Crippen LogP contribution in [0.5, 0.6) is 0 Å². The van der Waals surface area contributed by atoms with Gasteiger partial charge < -0.3 is 4.55 Å². The Morgan fingerprint density at radius 1 is 0.750 bits per heavy atom. The molecule has 28 heavy (non-hydrogen) atoms. The van der Waals surface area contributed by atoms with E-state index >= 15 is 0 Å². The van der Waals surface area contributed by atoms with Crippen LogP contribution in [0.25, 0.3) is 10.8 Å². The zero-order valence-corrected chi connectivity index (χ0v) is 21.5. The quantitative estimate of drug-likeness (QED) is 0.278. The smallest absolute Gasteiger partial charge is 0.744 e. The molecule has 0 fully saturated rings. The molecule has 3 nitrogen and oxygen atoms in total. The van der Waals surface area contributed by atoms with E-state index in [9.17, 15) is 13.0 Å². The van der Waals surface area contributed by atoms with E-state index in [1.165, 1.54) is 63.9 Å². The largest absolute Gasteiger partial charge is 1.00 e. The van der Waals surface area contributed by atoms with Crippen LogP contribution in [0.1, 0.15) is 83.1 Å². The van der Waals surface area contributed by atoms with Crippen LogP contribution in [0.3, 0.4) is 0 Å². The first-order valence-corrected chi connectivity index (χ1v) is 11.9. The minimum atomic E-state index is -4.44. The van der Waals surface area contributed by atoms with Crippen molar-refractivity contribution in [3.8, 4) is 0 Å². The molecule has 2 aromatic rings. The van der Waals surface area contributed by atoms with Crippen LogP contribution in [0, 0.1) is 0 Å². The summed E-state index contributed by atoms with van der Waals surface area (Å²) in [7, 11) is -4.44. The van der Waals surface area contributed by atoms with Gasteiger partial charge in [-0.3, -0.25) is 0 Å². The summed E-state index contributed by atoms with van der Waals surface area (Å²) in [5, 5.41) is 1.79. The van der Waals surface area contributed by atoms with Crippen LogP contribution >= 0.6 is 0 Å². The second kappa shape index (κ2) is 14.3. The molecular formula is C23H33KO3S. The van der Waals surface area contributed by atoms with Crippen molar-refractivity contribution >= 4 is 20.9 Å². The third-order valence-electron chi connectivity index (χ3n) is 5.25. The van der Waals surface area contributed by atoms with Crippen LogP contribution in [0.2, 0.25) is 0 Å². The molecule has 2 rings (SSSR count). The molecule has 0 atom stereocenters. The summed E-state index contributed by atoms with van der Waals surface area (Å²) in [6, 6.07) is 11.0. The first-order chi connectivity index (χ1) is 13.0. The Bertz CT molecular complexity index is 803. The monoisotopic (exact) mass is 428 g/mol. The zero-order chi connectivity index (χ0) is 19.5. The van der Waals surface area contributed by atoms with Gasteiger partial charge in [-0.15, -0.1) is 0 Å². The van der Waals surface area contributed by atoms with Gasteiger partial charge in [0.15, 0.2) is 0 Å². The summed E-state index contributed by atoms with van der Waals surface area (Å²) >= 11 is 0. The van der Waals surface area contributed by atoms with E-state index in [-0.39, 0.29) is 56.3 Å². The van der Waals surface area contributed by atoms with Gasteiger partial charge in [0, 0.05) is 0 Å². The SMILES string of the molecule is CCCCCCCCCCCCCc1cc2ccccc2cc1S(=O)(=O)[O-].[K+]. The van der Waals surface area contributed by atoms with Crippen molar-refractivity contribution in [2.45, 2.75) is 88.9 Å². The standard InChI is InChI=1S/C23H34O3S.K/c1-2-3-4-5-6-7-8-9-10-11-12-17-22-18-20-15-13-14-16-21(20)19-23(22)27(24,25)26;/h13-16,18-19H,2-12,17H2,1H3,(H,24,25,26);/q;+1/p-1. The fourth-order valence-corrected chi connectivity index (χ4v) is 4.43. The van der Waals surface area contributed by atoms with Gasteiger partial charge in [-0.1, -0.05) is 95.4 Å². The van der Waals surface area contributed by atoms with Crippen molar-refractivity contribution in [1.29, 1.82) is 0 Å². The number of fused-ring (bicyclic) bond motifs is 1. The predicted molar refractivity (Wildman–Crippen MR) is 112 cm³/mol. The number of hydrogen-bond acceptors (Lipinski definition) is 3.